The molecule has 0 bridgehead atoms. The number of rotatable bonds is 6. The monoisotopic (exact) mass is 369 g/mol. The molecule has 6 nitrogen and oxygen atoms in total. The molecule has 2 aliphatic rings. The Labute approximate surface area is 160 Å². The van der Waals surface area contributed by atoms with Gasteiger partial charge in [-0.15, -0.1) is 0 Å². The van der Waals surface area contributed by atoms with Crippen LogP contribution in [0.4, 0.5) is 0 Å². The van der Waals surface area contributed by atoms with Crippen molar-refractivity contribution in [3.63, 3.8) is 0 Å². The van der Waals surface area contributed by atoms with Crippen molar-refractivity contribution in [2.45, 2.75) is 43.9 Å². The predicted octanol–water partition coefficient (Wildman–Crippen LogP) is 2.46. The SMILES string of the molecule is O=C(CCCCc1ccccc1)N1C[C@@H]2OCC(n3cccn3)CO[C@H]2C1. The van der Waals surface area contributed by atoms with Crippen LogP contribution in [0.5, 0.6) is 0 Å². The molecule has 0 saturated carbocycles. The largest absolute Gasteiger partial charge is 0.371 e. The van der Waals surface area contributed by atoms with Crippen LogP contribution in [0.25, 0.3) is 0 Å². The van der Waals surface area contributed by atoms with Gasteiger partial charge in [0.05, 0.1) is 19.3 Å². The van der Waals surface area contributed by atoms with E-state index in [2.05, 4.69) is 29.4 Å². The van der Waals surface area contributed by atoms with Gasteiger partial charge in [0.15, 0.2) is 0 Å². The van der Waals surface area contributed by atoms with E-state index in [-0.39, 0.29) is 24.2 Å². The Bertz CT molecular complexity index is 704. The summed E-state index contributed by atoms with van der Waals surface area (Å²) in [5.74, 6) is 0.215. The van der Waals surface area contributed by atoms with Gasteiger partial charge < -0.3 is 14.4 Å². The van der Waals surface area contributed by atoms with E-state index in [0.29, 0.717) is 32.7 Å². The number of aromatic nitrogens is 2. The topological polar surface area (TPSA) is 56.6 Å². The average molecular weight is 369 g/mol. The molecule has 0 radical (unpaired) electrons. The van der Waals surface area contributed by atoms with Crippen LogP contribution in [-0.4, -0.2) is 59.1 Å². The summed E-state index contributed by atoms with van der Waals surface area (Å²) in [6, 6.07) is 12.4. The molecule has 2 aromatic rings. The van der Waals surface area contributed by atoms with E-state index in [1.165, 1.54) is 5.56 Å². The predicted molar refractivity (Wildman–Crippen MR) is 101 cm³/mol. The Kier molecular flexibility index (Phi) is 5.84. The van der Waals surface area contributed by atoms with E-state index in [1.807, 2.05) is 27.9 Å². The summed E-state index contributed by atoms with van der Waals surface area (Å²) in [5.41, 5.74) is 1.34. The molecule has 1 amide bonds. The van der Waals surface area contributed by atoms with Crippen molar-refractivity contribution in [3.05, 3.63) is 54.4 Å². The molecule has 4 rings (SSSR count). The van der Waals surface area contributed by atoms with Crippen molar-refractivity contribution in [1.29, 1.82) is 0 Å². The van der Waals surface area contributed by atoms with Crippen molar-refractivity contribution in [2.24, 2.45) is 0 Å². The maximum Gasteiger partial charge on any atom is 0.222 e. The zero-order valence-corrected chi connectivity index (χ0v) is 15.6. The summed E-state index contributed by atoms with van der Waals surface area (Å²) < 4.78 is 14.0. The lowest BCUT2D eigenvalue weighted by molar-refractivity contribution is -0.131. The fourth-order valence-corrected chi connectivity index (χ4v) is 3.84. The molecule has 1 aromatic heterocycles. The lowest BCUT2D eigenvalue weighted by atomic mass is 10.1. The highest BCUT2D eigenvalue weighted by Gasteiger charge is 2.39. The van der Waals surface area contributed by atoms with E-state index in [4.69, 9.17) is 9.47 Å². The van der Waals surface area contributed by atoms with Crippen molar-refractivity contribution >= 4 is 5.91 Å². The third-order valence-corrected chi connectivity index (χ3v) is 5.42. The normalized spacial score (nSPS) is 23.2. The number of carbonyl (C=O) groups excluding carboxylic acids is 1. The van der Waals surface area contributed by atoms with Crippen molar-refractivity contribution < 1.29 is 14.3 Å². The van der Waals surface area contributed by atoms with Gasteiger partial charge in [-0.3, -0.25) is 9.48 Å². The number of benzene rings is 1. The van der Waals surface area contributed by atoms with E-state index in [1.54, 1.807) is 6.20 Å². The third kappa shape index (κ3) is 4.57. The number of unbranched alkanes of at least 4 members (excludes halogenated alkanes) is 1. The van der Waals surface area contributed by atoms with Gasteiger partial charge in [-0.1, -0.05) is 30.3 Å². The van der Waals surface area contributed by atoms with E-state index < -0.39 is 0 Å². The first-order valence-corrected chi connectivity index (χ1v) is 9.83. The Hall–Kier alpha value is -2.18. The Balaban J connectivity index is 1.20. The van der Waals surface area contributed by atoms with E-state index in [0.717, 1.165) is 19.3 Å². The molecule has 1 aromatic carbocycles. The maximum atomic E-state index is 12.5. The van der Waals surface area contributed by atoms with E-state index in [9.17, 15) is 4.79 Å². The van der Waals surface area contributed by atoms with Crippen LogP contribution in [0.15, 0.2) is 48.8 Å². The summed E-state index contributed by atoms with van der Waals surface area (Å²) in [7, 11) is 0. The Morgan fingerprint density at radius 3 is 2.44 bits per heavy atom. The highest BCUT2D eigenvalue weighted by Crippen LogP contribution is 2.24. The molecule has 2 saturated heterocycles. The van der Waals surface area contributed by atoms with E-state index >= 15 is 0 Å². The summed E-state index contributed by atoms with van der Waals surface area (Å²) >= 11 is 0. The number of likely N-dealkylation sites (tertiary alicyclic amines) is 1. The molecular weight excluding hydrogens is 342 g/mol. The summed E-state index contributed by atoms with van der Waals surface area (Å²) in [5, 5.41) is 4.27. The second-order valence-electron chi connectivity index (χ2n) is 7.37. The van der Waals surface area contributed by atoms with Crippen LogP contribution in [0.1, 0.15) is 30.9 Å². The summed E-state index contributed by atoms with van der Waals surface area (Å²) in [6.45, 7) is 2.41. The lowest BCUT2D eigenvalue weighted by Crippen LogP contribution is -2.31. The van der Waals surface area contributed by atoms with Crippen molar-refractivity contribution in [2.75, 3.05) is 26.3 Å². The fourth-order valence-electron chi connectivity index (χ4n) is 3.84. The fraction of sp³-hybridized carbons (Fsp3) is 0.524. The minimum Gasteiger partial charge on any atom is -0.371 e. The van der Waals surface area contributed by atoms with Gasteiger partial charge in [-0.05, 0) is 30.9 Å². The van der Waals surface area contributed by atoms with Gasteiger partial charge in [0.2, 0.25) is 5.91 Å². The van der Waals surface area contributed by atoms with Crippen LogP contribution in [0.2, 0.25) is 0 Å². The number of ether oxygens (including phenoxy) is 2. The first kappa shape index (κ1) is 18.2. The van der Waals surface area contributed by atoms with Gasteiger partial charge in [0.25, 0.3) is 0 Å². The van der Waals surface area contributed by atoms with Gasteiger partial charge in [0, 0.05) is 31.9 Å². The molecule has 0 unspecified atom stereocenters. The molecule has 0 N–H and O–H groups in total. The molecule has 6 heteroatoms. The zero-order chi connectivity index (χ0) is 18.5. The van der Waals surface area contributed by atoms with Gasteiger partial charge >= 0.3 is 0 Å². The first-order valence-electron chi connectivity index (χ1n) is 9.83. The summed E-state index contributed by atoms with van der Waals surface area (Å²) in [4.78, 5) is 14.4. The molecule has 2 atom stereocenters. The van der Waals surface area contributed by atoms with Gasteiger partial charge in [-0.25, -0.2) is 0 Å². The minimum absolute atomic E-state index is 0.0289. The number of nitrogens with zero attached hydrogens (tertiary/aromatic N) is 3. The second-order valence-corrected chi connectivity index (χ2v) is 7.37. The summed E-state index contributed by atoms with van der Waals surface area (Å²) in [6.07, 6.45) is 7.23. The smallest absolute Gasteiger partial charge is 0.222 e. The first-order chi connectivity index (χ1) is 13.3. The molecule has 0 aliphatic carbocycles. The molecule has 27 heavy (non-hydrogen) atoms. The molecule has 2 fully saturated rings. The van der Waals surface area contributed by atoms with Crippen LogP contribution in [0.3, 0.4) is 0 Å². The maximum absolute atomic E-state index is 12.5. The number of aryl methyl sites for hydroxylation is 1. The van der Waals surface area contributed by atoms with Crippen molar-refractivity contribution in [3.8, 4) is 0 Å². The average Bonchev–Trinajstić information content (AvgIpc) is 3.33. The zero-order valence-electron chi connectivity index (χ0n) is 15.6. The Morgan fingerprint density at radius 2 is 1.78 bits per heavy atom. The van der Waals surface area contributed by atoms with Crippen LogP contribution < -0.4 is 0 Å². The standard InChI is InChI=1S/C21H27N3O3/c25-21(10-5-4-9-17-7-2-1-3-8-17)23-13-19-20(14-23)27-16-18(15-26-19)24-12-6-11-22-24/h1-3,6-8,11-12,18-20H,4-5,9-10,13-16H2/t19-,20-/m0/s1. The number of hydrogen-bond acceptors (Lipinski definition) is 4. The van der Waals surface area contributed by atoms with Crippen LogP contribution in [0, 0.1) is 0 Å². The van der Waals surface area contributed by atoms with Gasteiger partial charge in [0.1, 0.15) is 12.2 Å². The molecule has 2 aliphatic heterocycles. The molecular formula is C21H27N3O3. The molecule has 0 spiro atoms. The quantitative estimate of drug-likeness (QED) is 0.734. The number of fused-ring (bicyclic) bond motifs is 1. The minimum atomic E-state index is -0.0289. The number of amides is 1. The number of hydrogen-bond donors (Lipinski definition) is 0. The van der Waals surface area contributed by atoms with Crippen LogP contribution in [-0.2, 0) is 20.7 Å². The molecule has 3 heterocycles. The highest BCUT2D eigenvalue weighted by atomic mass is 16.6. The third-order valence-electron chi connectivity index (χ3n) is 5.42. The Morgan fingerprint density at radius 1 is 1.04 bits per heavy atom. The lowest BCUT2D eigenvalue weighted by Gasteiger charge is -2.19. The molecule has 144 valence electrons. The highest BCUT2D eigenvalue weighted by molar-refractivity contribution is 5.76. The van der Waals surface area contributed by atoms with Crippen LogP contribution >= 0.6 is 0 Å². The van der Waals surface area contributed by atoms with Crippen molar-refractivity contribution in [1.82, 2.24) is 14.7 Å². The number of carbonyl (C=O) groups is 1. The van der Waals surface area contributed by atoms with Gasteiger partial charge in [-0.2, -0.15) is 5.10 Å². The second kappa shape index (κ2) is 8.67.